The number of rotatable bonds is 9. The number of benzene rings is 2. The SMILES string of the molecule is COc1ccc(-c2nnc(SCC(O)COc3ccc(NC(C)=O)cc3)n2C)cc1. The van der Waals surface area contributed by atoms with E-state index in [1.165, 1.54) is 18.7 Å². The maximum Gasteiger partial charge on any atom is 0.221 e. The van der Waals surface area contributed by atoms with Gasteiger partial charge in [0.05, 0.1) is 13.2 Å². The van der Waals surface area contributed by atoms with E-state index >= 15 is 0 Å². The van der Waals surface area contributed by atoms with E-state index < -0.39 is 6.10 Å². The molecule has 1 aromatic heterocycles. The quantitative estimate of drug-likeness (QED) is 0.506. The van der Waals surface area contributed by atoms with Crippen LogP contribution >= 0.6 is 11.8 Å². The number of methoxy groups -OCH3 is 1. The maximum absolute atomic E-state index is 11.0. The number of carbonyl (C=O) groups is 1. The Labute approximate surface area is 179 Å². The predicted molar refractivity (Wildman–Crippen MR) is 116 cm³/mol. The van der Waals surface area contributed by atoms with Crippen molar-refractivity contribution in [2.45, 2.75) is 18.2 Å². The number of hydrogen-bond acceptors (Lipinski definition) is 7. The second-order valence-electron chi connectivity index (χ2n) is 6.58. The van der Waals surface area contributed by atoms with Crippen LogP contribution in [0, 0.1) is 0 Å². The molecule has 1 atom stereocenters. The average molecular weight is 429 g/mol. The summed E-state index contributed by atoms with van der Waals surface area (Å²) in [5.74, 6) is 2.43. The molecule has 1 unspecified atom stereocenters. The number of ether oxygens (including phenoxy) is 2. The van der Waals surface area contributed by atoms with Crippen molar-refractivity contribution in [1.29, 1.82) is 0 Å². The van der Waals surface area contributed by atoms with Crippen molar-refractivity contribution in [1.82, 2.24) is 14.8 Å². The first-order valence-corrected chi connectivity index (χ1v) is 10.3. The molecule has 0 spiro atoms. The van der Waals surface area contributed by atoms with Gasteiger partial charge in [-0.1, -0.05) is 11.8 Å². The molecule has 0 aliphatic carbocycles. The summed E-state index contributed by atoms with van der Waals surface area (Å²) < 4.78 is 12.7. The number of hydrogen-bond donors (Lipinski definition) is 2. The van der Waals surface area contributed by atoms with Gasteiger partial charge in [0, 0.05) is 31.0 Å². The molecule has 30 heavy (non-hydrogen) atoms. The molecule has 2 aromatic carbocycles. The number of aliphatic hydroxyl groups is 1. The number of amides is 1. The van der Waals surface area contributed by atoms with Crippen LogP contribution in [0.25, 0.3) is 11.4 Å². The van der Waals surface area contributed by atoms with E-state index in [1.54, 1.807) is 31.4 Å². The van der Waals surface area contributed by atoms with Crippen molar-refractivity contribution in [2.24, 2.45) is 7.05 Å². The van der Waals surface area contributed by atoms with Crippen LogP contribution in [-0.2, 0) is 11.8 Å². The van der Waals surface area contributed by atoms with Crippen molar-refractivity contribution in [3.8, 4) is 22.9 Å². The van der Waals surface area contributed by atoms with Gasteiger partial charge >= 0.3 is 0 Å². The number of nitrogens with one attached hydrogen (secondary N) is 1. The highest BCUT2D eigenvalue weighted by Gasteiger charge is 2.14. The second-order valence-corrected chi connectivity index (χ2v) is 7.56. The van der Waals surface area contributed by atoms with Crippen molar-refractivity contribution in [3.63, 3.8) is 0 Å². The Morgan fingerprint density at radius 2 is 1.80 bits per heavy atom. The summed E-state index contributed by atoms with van der Waals surface area (Å²) in [7, 11) is 3.52. The Hall–Kier alpha value is -3.04. The van der Waals surface area contributed by atoms with Crippen LogP contribution in [0.3, 0.4) is 0 Å². The van der Waals surface area contributed by atoms with E-state index in [-0.39, 0.29) is 12.5 Å². The third-order valence-electron chi connectivity index (χ3n) is 4.21. The largest absolute Gasteiger partial charge is 0.497 e. The van der Waals surface area contributed by atoms with Crippen LogP contribution in [0.4, 0.5) is 5.69 Å². The third kappa shape index (κ3) is 5.74. The fourth-order valence-electron chi connectivity index (χ4n) is 2.68. The standard InChI is InChI=1S/C21H24N4O4S/c1-14(26)22-16-6-10-19(11-7-16)29-12-17(27)13-30-21-24-23-20(25(21)2)15-4-8-18(28-3)9-5-15/h4-11,17,27H,12-13H2,1-3H3,(H,22,26). The highest BCUT2D eigenvalue weighted by atomic mass is 32.2. The van der Waals surface area contributed by atoms with Crippen LogP contribution in [0.1, 0.15) is 6.92 Å². The summed E-state index contributed by atoms with van der Waals surface area (Å²) in [5, 5.41) is 22.1. The van der Waals surface area contributed by atoms with Gasteiger partial charge < -0.3 is 24.5 Å². The molecule has 9 heteroatoms. The number of aliphatic hydroxyl groups excluding tert-OH is 1. The molecule has 1 heterocycles. The molecule has 0 fully saturated rings. The fraction of sp³-hybridized carbons (Fsp3) is 0.286. The van der Waals surface area contributed by atoms with Crippen molar-refractivity contribution < 1.29 is 19.4 Å². The molecule has 0 aliphatic heterocycles. The van der Waals surface area contributed by atoms with Gasteiger partial charge in [0.1, 0.15) is 18.1 Å². The third-order valence-corrected chi connectivity index (χ3v) is 5.37. The van der Waals surface area contributed by atoms with Gasteiger partial charge in [-0.25, -0.2) is 0 Å². The lowest BCUT2D eigenvalue weighted by atomic mass is 10.2. The first-order valence-electron chi connectivity index (χ1n) is 9.31. The van der Waals surface area contributed by atoms with Crippen LogP contribution in [-0.4, -0.2) is 51.4 Å². The molecule has 0 saturated carbocycles. The Morgan fingerprint density at radius 3 is 2.43 bits per heavy atom. The van der Waals surface area contributed by atoms with Gasteiger partial charge in [-0.15, -0.1) is 10.2 Å². The maximum atomic E-state index is 11.0. The molecular weight excluding hydrogens is 404 g/mol. The summed E-state index contributed by atoms with van der Waals surface area (Å²) in [6.07, 6.45) is -0.675. The molecule has 2 N–H and O–H groups in total. The zero-order chi connectivity index (χ0) is 21.5. The van der Waals surface area contributed by atoms with Crippen LogP contribution in [0.15, 0.2) is 53.7 Å². The van der Waals surface area contributed by atoms with E-state index in [0.717, 1.165) is 17.1 Å². The summed E-state index contributed by atoms with van der Waals surface area (Å²) in [4.78, 5) is 11.0. The van der Waals surface area contributed by atoms with E-state index in [2.05, 4.69) is 15.5 Å². The van der Waals surface area contributed by atoms with Gasteiger partial charge in [-0.05, 0) is 48.5 Å². The monoisotopic (exact) mass is 428 g/mol. The number of nitrogens with zero attached hydrogens (tertiary/aromatic N) is 3. The topological polar surface area (TPSA) is 98.5 Å². The zero-order valence-electron chi connectivity index (χ0n) is 17.0. The van der Waals surface area contributed by atoms with Crippen LogP contribution < -0.4 is 14.8 Å². The molecule has 0 saturated heterocycles. The van der Waals surface area contributed by atoms with E-state index in [0.29, 0.717) is 22.3 Å². The molecule has 8 nitrogen and oxygen atoms in total. The van der Waals surface area contributed by atoms with Crippen LogP contribution in [0.5, 0.6) is 11.5 Å². The second kappa shape index (κ2) is 10.1. The van der Waals surface area contributed by atoms with E-state index in [9.17, 15) is 9.90 Å². The summed E-state index contributed by atoms with van der Waals surface area (Å²) in [6, 6.07) is 14.6. The Kier molecular flexibility index (Phi) is 7.31. The minimum absolute atomic E-state index is 0.130. The molecule has 0 radical (unpaired) electrons. The summed E-state index contributed by atoms with van der Waals surface area (Å²) in [5.41, 5.74) is 1.63. The lowest BCUT2D eigenvalue weighted by Gasteiger charge is -2.12. The molecule has 1 amide bonds. The number of aromatic nitrogens is 3. The highest BCUT2D eigenvalue weighted by Crippen LogP contribution is 2.25. The molecule has 3 rings (SSSR count). The fourth-order valence-corrected chi connectivity index (χ4v) is 3.50. The Bertz CT molecular complexity index is 974. The smallest absolute Gasteiger partial charge is 0.221 e. The minimum atomic E-state index is -0.675. The van der Waals surface area contributed by atoms with Crippen molar-refractivity contribution in [2.75, 3.05) is 24.8 Å². The normalized spacial score (nSPS) is 11.7. The highest BCUT2D eigenvalue weighted by molar-refractivity contribution is 7.99. The molecule has 0 bridgehead atoms. The molecular formula is C21H24N4O4S. The molecule has 0 aliphatic rings. The van der Waals surface area contributed by atoms with Crippen molar-refractivity contribution in [3.05, 3.63) is 48.5 Å². The first-order chi connectivity index (χ1) is 14.5. The predicted octanol–water partition coefficient (Wildman–Crippen LogP) is 2.98. The summed E-state index contributed by atoms with van der Waals surface area (Å²) in [6.45, 7) is 1.60. The van der Waals surface area contributed by atoms with Gasteiger partial charge in [0.25, 0.3) is 0 Å². The Balaban J connectivity index is 1.50. The van der Waals surface area contributed by atoms with Gasteiger partial charge in [-0.2, -0.15) is 0 Å². The average Bonchev–Trinajstić information content (AvgIpc) is 3.11. The molecule has 158 valence electrons. The lowest BCUT2D eigenvalue weighted by molar-refractivity contribution is -0.114. The van der Waals surface area contributed by atoms with Gasteiger partial charge in [-0.3, -0.25) is 4.79 Å². The van der Waals surface area contributed by atoms with E-state index in [4.69, 9.17) is 9.47 Å². The number of thioether (sulfide) groups is 1. The number of anilines is 1. The Morgan fingerprint density at radius 1 is 1.13 bits per heavy atom. The van der Waals surface area contributed by atoms with Crippen molar-refractivity contribution >= 4 is 23.4 Å². The number of carbonyl (C=O) groups excluding carboxylic acids is 1. The zero-order valence-corrected chi connectivity index (χ0v) is 17.8. The van der Waals surface area contributed by atoms with Gasteiger partial charge in [0.15, 0.2) is 11.0 Å². The van der Waals surface area contributed by atoms with E-state index in [1.807, 2.05) is 35.9 Å². The first kappa shape index (κ1) is 21.7. The molecule has 3 aromatic rings. The van der Waals surface area contributed by atoms with Crippen LogP contribution in [0.2, 0.25) is 0 Å². The summed E-state index contributed by atoms with van der Waals surface area (Å²) >= 11 is 1.41. The lowest BCUT2D eigenvalue weighted by Crippen LogP contribution is -2.20. The minimum Gasteiger partial charge on any atom is -0.497 e. The van der Waals surface area contributed by atoms with Gasteiger partial charge in [0.2, 0.25) is 5.91 Å².